The normalized spacial score (nSPS) is 17.4. The van der Waals surface area contributed by atoms with Crippen molar-refractivity contribution in [2.75, 3.05) is 26.9 Å². The highest BCUT2D eigenvalue weighted by atomic mass is 16.6. The molecule has 1 N–H and O–H groups in total. The quantitative estimate of drug-likeness (QED) is 0.139. The minimum Gasteiger partial charge on any atom is -0.507 e. The van der Waals surface area contributed by atoms with E-state index in [0.29, 0.717) is 42.4 Å². The van der Waals surface area contributed by atoms with Crippen molar-refractivity contribution in [1.29, 1.82) is 0 Å². The molecule has 34 heavy (non-hydrogen) atoms. The number of non-ortho nitro benzene ring substituents is 1. The first-order valence-electron chi connectivity index (χ1n) is 11.0. The van der Waals surface area contributed by atoms with Crippen molar-refractivity contribution < 1.29 is 29.1 Å². The van der Waals surface area contributed by atoms with Gasteiger partial charge in [0.2, 0.25) is 0 Å². The first-order chi connectivity index (χ1) is 16.2. The van der Waals surface area contributed by atoms with E-state index in [4.69, 9.17) is 9.47 Å². The molecule has 1 heterocycles. The van der Waals surface area contributed by atoms with Crippen molar-refractivity contribution in [2.45, 2.75) is 26.3 Å². The SMILES string of the molecule is COCCCN1C(=O)C(=O)/C(=C(/O)c2ccc(OCC(C)C)cc2)C1c1cccc([N+](=O)[O-])c1. The lowest BCUT2D eigenvalue weighted by Crippen LogP contribution is -2.31. The van der Waals surface area contributed by atoms with Crippen molar-refractivity contribution in [3.8, 4) is 5.75 Å². The summed E-state index contributed by atoms with van der Waals surface area (Å²) in [4.78, 5) is 38.0. The predicted molar refractivity (Wildman–Crippen MR) is 125 cm³/mol. The summed E-state index contributed by atoms with van der Waals surface area (Å²) in [5.74, 6) is -1.00. The highest BCUT2D eigenvalue weighted by molar-refractivity contribution is 6.46. The van der Waals surface area contributed by atoms with Crippen LogP contribution in [0, 0.1) is 16.0 Å². The summed E-state index contributed by atoms with van der Waals surface area (Å²) in [6.45, 7) is 5.14. The summed E-state index contributed by atoms with van der Waals surface area (Å²) in [7, 11) is 1.53. The molecule has 0 aromatic heterocycles. The Morgan fingerprint density at radius 3 is 2.50 bits per heavy atom. The number of hydrogen-bond donors (Lipinski definition) is 1. The summed E-state index contributed by atoms with van der Waals surface area (Å²) in [5.41, 5.74) is 0.414. The average Bonchev–Trinajstić information content (AvgIpc) is 3.08. The number of nitrogens with zero attached hydrogens (tertiary/aromatic N) is 2. The molecule has 180 valence electrons. The Morgan fingerprint density at radius 1 is 1.18 bits per heavy atom. The summed E-state index contributed by atoms with van der Waals surface area (Å²) in [5, 5.41) is 22.4. The standard InChI is InChI=1S/C25H28N2O7/c1-16(2)15-34-20-10-8-17(9-11-20)23(28)21-22(18-6-4-7-19(14-18)27(31)32)26(12-5-13-33-3)25(30)24(21)29/h4,6-11,14,16,22,28H,5,12-13,15H2,1-3H3/b23-21+. The fraction of sp³-hybridized carbons (Fsp3) is 0.360. The average molecular weight is 469 g/mol. The Balaban J connectivity index is 2.05. The number of ether oxygens (including phenoxy) is 2. The van der Waals surface area contributed by atoms with Crippen LogP contribution in [0.4, 0.5) is 5.69 Å². The molecule has 0 saturated carbocycles. The molecule has 1 amide bonds. The Bertz CT molecular complexity index is 1090. The van der Waals surface area contributed by atoms with E-state index in [9.17, 15) is 24.8 Å². The summed E-state index contributed by atoms with van der Waals surface area (Å²) in [6, 6.07) is 11.3. The molecule has 1 saturated heterocycles. The van der Waals surface area contributed by atoms with Gasteiger partial charge in [-0.15, -0.1) is 0 Å². The van der Waals surface area contributed by atoms with Crippen LogP contribution in [0.25, 0.3) is 5.76 Å². The van der Waals surface area contributed by atoms with Gasteiger partial charge in [-0.25, -0.2) is 0 Å². The van der Waals surface area contributed by atoms with Gasteiger partial charge in [0.15, 0.2) is 0 Å². The third kappa shape index (κ3) is 5.43. The van der Waals surface area contributed by atoms with E-state index in [1.54, 1.807) is 30.3 Å². The number of nitro benzene ring substituents is 1. The number of benzene rings is 2. The molecule has 9 heteroatoms. The molecule has 0 radical (unpaired) electrons. The molecular weight excluding hydrogens is 440 g/mol. The van der Waals surface area contributed by atoms with E-state index in [1.807, 2.05) is 13.8 Å². The highest BCUT2D eigenvalue weighted by Crippen LogP contribution is 2.40. The maximum Gasteiger partial charge on any atom is 0.295 e. The van der Waals surface area contributed by atoms with Crippen molar-refractivity contribution >= 4 is 23.1 Å². The smallest absolute Gasteiger partial charge is 0.295 e. The Kier molecular flexibility index (Phi) is 8.01. The fourth-order valence-electron chi connectivity index (χ4n) is 3.77. The second-order valence-corrected chi connectivity index (χ2v) is 8.42. The molecule has 0 aliphatic carbocycles. The molecule has 2 aromatic rings. The van der Waals surface area contributed by atoms with Crippen LogP contribution in [-0.4, -0.2) is 53.5 Å². The number of hydrogen-bond acceptors (Lipinski definition) is 7. The first-order valence-corrected chi connectivity index (χ1v) is 11.0. The molecule has 3 rings (SSSR count). The van der Waals surface area contributed by atoms with Crippen molar-refractivity contribution in [1.82, 2.24) is 4.90 Å². The van der Waals surface area contributed by atoms with Crippen LogP contribution in [0.5, 0.6) is 5.75 Å². The lowest BCUT2D eigenvalue weighted by atomic mass is 9.95. The number of likely N-dealkylation sites (tertiary alicyclic amines) is 1. The number of carbonyl (C=O) groups excluding carboxylic acids is 2. The number of rotatable bonds is 10. The van der Waals surface area contributed by atoms with Gasteiger partial charge in [-0.1, -0.05) is 26.0 Å². The zero-order valence-electron chi connectivity index (χ0n) is 19.4. The largest absolute Gasteiger partial charge is 0.507 e. The maximum atomic E-state index is 13.0. The van der Waals surface area contributed by atoms with Crippen LogP contribution in [0.3, 0.4) is 0 Å². The van der Waals surface area contributed by atoms with E-state index in [-0.39, 0.29) is 23.6 Å². The van der Waals surface area contributed by atoms with E-state index in [2.05, 4.69) is 0 Å². The number of Topliss-reactive ketones (excluding diaryl/α,β-unsaturated/α-hetero) is 1. The minimum atomic E-state index is -0.964. The van der Waals surface area contributed by atoms with Crippen LogP contribution in [0.2, 0.25) is 0 Å². The van der Waals surface area contributed by atoms with Crippen molar-refractivity contribution in [2.24, 2.45) is 5.92 Å². The van der Waals surface area contributed by atoms with Gasteiger partial charge < -0.3 is 19.5 Å². The number of carbonyl (C=O) groups is 2. The second-order valence-electron chi connectivity index (χ2n) is 8.42. The second kappa shape index (κ2) is 10.9. The van der Waals surface area contributed by atoms with Crippen LogP contribution in [-0.2, 0) is 14.3 Å². The zero-order valence-corrected chi connectivity index (χ0v) is 19.4. The third-order valence-corrected chi connectivity index (χ3v) is 5.40. The molecule has 1 aliphatic rings. The lowest BCUT2D eigenvalue weighted by Gasteiger charge is -2.25. The van der Waals surface area contributed by atoms with Crippen LogP contribution >= 0.6 is 0 Å². The number of ketones is 1. The number of aliphatic hydroxyl groups excluding tert-OH is 1. The lowest BCUT2D eigenvalue weighted by molar-refractivity contribution is -0.384. The Labute approximate surface area is 197 Å². The van der Waals surface area contributed by atoms with Gasteiger partial charge >= 0.3 is 0 Å². The number of amides is 1. The third-order valence-electron chi connectivity index (χ3n) is 5.40. The maximum absolute atomic E-state index is 13.0. The number of methoxy groups -OCH3 is 1. The molecule has 1 fully saturated rings. The molecular formula is C25H28N2O7. The van der Waals surface area contributed by atoms with Gasteiger partial charge in [0.25, 0.3) is 17.4 Å². The molecule has 0 bridgehead atoms. The molecule has 9 nitrogen and oxygen atoms in total. The van der Waals surface area contributed by atoms with Gasteiger partial charge in [0.1, 0.15) is 11.5 Å². The molecule has 1 aliphatic heterocycles. The van der Waals surface area contributed by atoms with E-state index < -0.39 is 22.7 Å². The fourth-order valence-corrected chi connectivity index (χ4v) is 3.77. The van der Waals surface area contributed by atoms with Gasteiger partial charge in [-0.2, -0.15) is 0 Å². The van der Waals surface area contributed by atoms with Crippen LogP contribution in [0.15, 0.2) is 54.1 Å². The zero-order chi connectivity index (χ0) is 24.8. The van der Waals surface area contributed by atoms with E-state index in [0.717, 1.165) is 0 Å². The molecule has 1 unspecified atom stereocenters. The van der Waals surface area contributed by atoms with E-state index in [1.165, 1.54) is 30.2 Å². The van der Waals surface area contributed by atoms with Gasteiger partial charge in [0, 0.05) is 38.0 Å². The topological polar surface area (TPSA) is 119 Å². The van der Waals surface area contributed by atoms with Gasteiger partial charge in [-0.05, 0) is 42.2 Å². The predicted octanol–water partition coefficient (Wildman–Crippen LogP) is 4.09. The van der Waals surface area contributed by atoms with Crippen LogP contribution in [0.1, 0.15) is 37.4 Å². The van der Waals surface area contributed by atoms with Crippen LogP contribution < -0.4 is 4.74 Å². The minimum absolute atomic E-state index is 0.112. The number of nitro groups is 1. The molecule has 2 aromatic carbocycles. The van der Waals surface area contributed by atoms with Crippen molar-refractivity contribution in [3.05, 3.63) is 75.3 Å². The summed E-state index contributed by atoms with van der Waals surface area (Å²) >= 11 is 0. The van der Waals surface area contributed by atoms with Crippen molar-refractivity contribution in [3.63, 3.8) is 0 Å². The Hall–Kier alpha value is -3.72. The molecule has 0 spiro atoms. The van der Waals surface area contributed by atoms with E-state index >= 15 is 0 Å². The number of aliphatic hydroxyl groups is 1. The monoisotopic (exact) mass is 468 g/mol. The van der Waals surface area contributed by atoms with Gasteiger partial charge in [-0.3, -0.25) is 19.7 Å². The Morgan fingerprint density at radius 2 is 1.88 bits per heavy atom. The highest BCUT2D eigenvalue weighted by Gasteiger charge is 2.46. The summed E-state index contributed by atoms with van der Waals surface area (Å²) in [6.07, 6.45) is 0.455. The molecule has 1 atom stereocenters. The van der Waals surface area contributed by atoms with Gasteiger partial charge in [0.05, 0.1) is 23.1 Å². The summed E-state index contributed by atoms with van der Waals surface area (Å²) < 4.78 is 10.7. The first kappa shape index (κ1) is 24.9.